The molecule has 0 unspecified atom stereocenters. The van der Waals surface area contributed by atoms with Gasteiger partial charge in [-0.05, 0) is 31.0 Å². The van der Waals surface area contributed by atoms with Gasteiger partial charge in [0, 0.05) is 98.0 Å². The smallest absolute Gasteiger partial charge is 0.220 e. The van der Waals surface area contributed by atoms with Gasteiger partial charge >= 0.3 is 0 Å². The predicted octanol–water partition coefficient (Wildman–Crippen LogP) is 5.28. The maximum atomic E-state index is 11.8. The Balaban J connectivity index is 1.04. The maximum absolute atomic E-state index is 11.8. The second-order valence-electron chi connectivity index (χ2n) is 13.7. The number of nitrogens with one attached hydrogen (secondary N) is 3. The molecule has 268 valence electrons. The number of carbonyl (C=O) groups excluding carboxylic acids is 2. The van der Waals surface area contributed by atoms with Crippen molar-refractivity contribution in [2.24, 2.45) is 0 Å². The predicted molar refractivity (Wildman–Crippen MR) is 198 cm³/mol. The highest BCUT2D eigenvalue weighted by Crippen LogP contribution is 2.42. The molecule has 2 amide bonds. The van der Waals surface area contributed by atoms with Crippen molar-refractivity contribution >= 4 is 40.7 Å². The van der Waals surface area contributed by atoms with Crippen LogP contribution in [-0.4, -0.2) is 81.5 Å². The van der Waals surface area contributed by atoms with Crippen LogP contribution < -0.4 is 25.4 Å². The summed E-state index contributed by atoms with van der Waals surface area (Å²) in [6.45, 7) is 3.53. The summed E-state index contributed by atoms with van der Waals surface area (Å²) < 4.78 is 13.4. The topological polar surface area (TPSA) is 135 Å². The van der Waals surface area contributed by atoms with Crippen molar-refractivity contribution in [3.05, 3.63) is 82.4 Å². The van der Waals surface area contributed by atoms with E-state index in [9.17, 15) is 9.59 Å². The molecule has 7 heterocycles. The zero-order chi connectivity index (χ0) is 36.0. The largest absolute Gasteiger partial charge is 0.493 e. The molecular formula is C38H38Cl2N8O4. The van der Waals surface area contributed by atoms with Gasteiger partial charge in [0.25, 0.3) is 0 Å². The SMILES string of the molecule is COc1nc(-c2cccc(-c3ccnc(-c4cc(OC)c5nc(CN6CC7(CCC(=O)N7)C6)cn5c4)c3Cl)c2Cl)ccc1CNC[C@@H]1CCC(=O)N1. The highest BCUT2D eigenvalue weighted by molar-refractivity contribution is 6.39. The van der Waals surface area contributed by atoms with Crippen LogP contribution in [0.3, 0.4) is 0 Å². The zero-order valence-electron chi connectivity index (χ0n) is 28.8. The number of rotatable bonds is 11. The molecule has 1 aromatic carbocycles. The minimum Gasteiger partial charge on any atom is -0.493 e. The first-order chi connectivity index (χ1) is 25.2. The van der Waals surface area contributed by atoms with E-state index in [1.165, 1.54) is 0 Å². The summed E-state index contributed by atoms with van der Waals surface area (Å²) >= 11 is 14.3. The van der Waals surface area contributed by atoms with Gasteiger partial charge in [0.15, 0.2) is 11.4 Å². The van der Waals surface area contributed by atoms with Crippen molar-refractivity contribution in [3.8, 4) is 45.3 Å². The van der Waals surface area contributed by atoms with Gasteiger partial charge in [-0.25, -0.2) is 9.97 Å². The summed E-state index contributed by atoms with van der Waals surface area (Å²) in [7, 11) is 3.22. The number of fused-ring (bicyclic) bond motifs is 1. The number of benzene rings is 1. The first-order valence-corrected chi connectivity index (χ1v) is 18.1. The van der Waals surface area contributed by atoms with E-state index in [1.807, 2.05) is 59.3 Å². The Morgan fingerprint density at radius 3 is 2.54 bits per heavy atom. The highest BCUT2D eigenvalue weighted by atomic mass is 35.5. The van der Waals surface area contributed by atoms with Crippen LogP contribution in [0.25, 0.3) is 39.3 Å². The molecule has 0 bridgehead atoms. The van der Waals surface area contributed by atoms with Gasteiger partial charge < -0.3 is 29.8 Å². The molecule has 0 aliphatic carbocycles. The molecule has 14 heteroatoms. The molecule has 52 heavy (non-hydrogen) atoms. The van der Waals surface area contributed by atoms with Gasteiger partial charge in [-0.15, -0.1) is 0 Å². The first kappa shape index (κ1) is 34.3. The van der Waals surface area contributed by atoms with Crippen LogP contribution in [0, 0.1) is 0 Å². The van der Waals surface area contributed by atoms with E-state index < -0.39 is 0 Å². The van der Waals surface area contributed by atoms with Crippen molar-refractivity contribution < 1.29 is 19.1 Å². The third-order valence-corrected chi connectivity index (χ3v) is 10.9. The van der Waals surface area contributed by atoms with Crippen LogP contribution in [0.4, 0.5) is 0 Å². The number of ether oxygens (including phenoxy) is 2. The van der Waals surface area contributed by atoms with Crippen molar-refractivity contribution in [2.45, 2.75) is 50.4 Å². The van der Waals surface area contributed by atoms with Crippen LogP contribution in [0.15, 0.2) is 61.1 Å². The Hall–Kier alpha value is -4.75. The summed E-state index contributed by atoms with van der Waals surface area (Å²) in [4.78, 5) is 39.9. The van der Waals surface area contributed by atoms with Crippen molar-refractivity contribution in [1.29, 1.82) is 0 Å². The zero-order valence-corrected chi connectivity index (χ0v) is 30.4. The number of aromatic nitrogens is 4. The molecule has 3 N–H and O–H groups in total. The number of likely N-dealkylation sites (tertiary alicyclic amines) is 1. The average molecular weight is 742 g/mol. The van der Waals surface area contributed by atoms with Crippen LogP contribution in [-0.2, 0) is 22.7 Å². The summed E-state index contributed by atoms with van der Waals surface area (Å²) in [5.74, 6) is 1.32. The summed E-state index contributed by atoms with van der Waals surface area (Å²) in [5.41, 5.74) is 6.60. The minimum atomic E-state index is -0.0834. The molecule has 3 saturated heterocycles. The third kappa shape index (κ3) is 6.56. The van der Waals surface area contributed by atoms with Gasteiger partial charge in [0.2, 0.25) is 17.7 Å². The molecule has 1 atom stereocenters. The number of pyridine rings is 3. The Bertz CT molecular complexity index is 2200. The van der Waals surface area contributed by atoms with Gasteiger partial charge in [0.1, 0.15) is 0 Å². The lowest BCUT2D eigenvalue weighted by Gasteiger charge is -2.47. The molecule has 3 aliphatic heterocycles. The number of hydrogen-bond acceptors (Lipinski definition) is 9. The standard InChI is InChI=1S/C38H38Cl2N8O4/c1-51-30-14-23(17-48-19-25(44-36(30)48)18-47-20-38(21-47)12-10-32(50)46-38)35-34(40)27(11-13-42-35)26-4-3-5-28(33(26)39)29-8-6-22(37(45-29)52-2)15-41-16-24-7-9-31(49)43-24/h3-6,8,11,13-14,17,19,24,41H,7,9-10,12,15-16,18,20-21H2,1-2H3,(H,43,49)(H,46,50)/t24-/m0/s1. The maximum Gasteiger partial charge on any atom is 0.220 e. The molecule has 8 rings (SSSR count). The molecule has 12 nitrogen and oxygen atoms in total. The van der Waals surface area contributed by atoms with E-state index in [4.69, 9.17) is 42.6 Å². The summed E-state index contributed by atoms with van der Waals surface area (Å²) in [6, 6.07) is 13.6. The first-order valence-electron chi connectivity index (χ1n) is 17.3. The monoisotopic (exact) mass is 740 g/mol. The lowest BCUT2D eigenvalue weighted by atomic mass is 9.88. The van der Waals surface area contributed by atoms with E-state index >= 15 is 0 Å². The molecule has 3 aliphatic rings. The number of imidazole rings is 1. The normalized spacial score (nSPS) is 18.1. The van der Waals surface area contributed by atoms with Crippen LogP contribution >= 0.6 is 23.2 Å². The van der Waals surface area contributed by atoms with Crippen molar-refractivity contribution in [1.82, 2.24) is 40.2 Å². The van der Waals surface area contributed by atoms with E-state index in [0.717, 1.165) is 59.4 Å². The Kier molecular flexibility index (Phi) is 9.24. The van der Waals surface area contributed by atoms with Crippen molar-refractivity contribution in [2.75, 3.05) is 33.9 Å². The van der Waals surface area contributed by atoms with E-state index in [-0.39, 0.29) is 23.4 Å². The fraction of sp³-hybridized carbons (Fsp3) is 0.342. The quantitative estimate of drug-likeness (QED) is 0.165. The fourth-order valence-electron chi connectivity index (χ4n) is 7.57. The Labute approximate surface area is 310 Å². The molecular weight excluding hydrogens is 703 g/mol. The Morgan fingerprint density at radius 1 is 0.962 bits per heavy atom. The molecule has 0 radical (unpaired) electrons. The number of hydrogen-bond donors (Lipinski definition) is 3. The average Bonchev–Trinajstić information content (AvgIpc) is 3.86. The minimum absolute atomic E-state index is 0.0834. The molecule has 1 spiro atoms. The molecule has 3 fully saturated rings. The molecule has 5 aromatic rings. The third-order valence-electron chi connectivity index (χ3n) is 10.1. The second-order valence-corrected chi connectivity index (χ2v) is 14.5. The van der Waals surface area contributed by atoms with Gasteiger partial charge in [-0.3, -0.25) is 19.5 Å². The van der Waals surface area contributed by atoms with Crippen LogP contribution in [0.2, 0.25) is 10.0 Å². The van der Waals surface area contributed by atoms with E-state index in [1.54, 1.807) is 20.4 Å². The fourth-order valence-corrected chi connectivity index (χ4v) is 8.22. The lowest BCUT2D eigenvalue weighted by molar-refractivity contribution is -0.121. The Morgan fingerprint density at radius 2 is 1.79 bits per heavy atom. The number of halogens is 2. The second kappa shape index (κ2) is 14.0. The van der Waals surface area contributed by atoms with E-state index in [0.29, 0.717) is 71.2 Å². The van der Waals surface area contributed by atoms with Crippen molar-refractivity contribution in [3.63, 3.8) is 0 Å². The summed E-state index contributed by atoms with van der Waals surface area (Å²) in [6.07, 6.45) is 8.55. The van der Waals surface area contributed by atoms with E-state index in [2.05, 4.69) is 25.8 Å². The molecule has 4 aromatic heterocycles. The highest BCUT2D eigenvalue weighted by Gasteiger charge is 2.47. The summed E-state index contributed by atoms with van der Waals surface area (Å²) in [5, 5.41) is 10.4. The number of carbonyl (C=O) groups is 2. The lowest BCUT2D eigenvalue weighted by Crippen LogP contribution is -2.66. The number of nitrogens with zero attached hydrogens (tertiary/aromatic N) is 5. The van der Waals surface area contributed by atoms with Gasteiger partial charge in [-0.2, -0.15) is 0 Å². The van der Waals surface area contributed by atoms with Crippen LogP contribution in [0.1, 0.15) is 36.9 Å². The molecule has 0 saturated carbocycles. The van der Waals surface area contributed by atoms with Gasteiger partial charge in [0.05, 0.1) is 46.9 Å². The number of methoxy groups -OCH3 is 2. The van der Waals surface area contributed by atoms with Gasteiger partial charge in [-0.1, -0.05) is 47.5 Å². The number of amides is 2. The van der Waals surface area contributed by atoms with Crippen LogP contribution in [0.5, 0.6) is 11.6 Å².